The maximum absolute atomic E-state index is 10.7. The summed E-state index contributed by atoms with van der Waals surface area (Å²) >= 11 is 0. The quantitative estimate of drug-likeness (QED) is 0.363. The van der Waals surface area contributed by atoms with E-state index in [9.17, 15) is 25.2 Å². The summed E-state index contributed by atoms with van der Waals surface area (Å²) in [7, 11) is -8.62. The molecule has 0 saturated carbocycles. The second-order valence-corrected chi connectivity index (χ2v) is 5.61. The molecule has 2 rings (SSSR count). The number of aryl methyl sites for hydroxylation is 1. The SMILES string of the molecule is C[n+]1ccc2ccccc2c1.F[P-](F)(F)(F)(F)F. The van der Waals surface area contributed by atoms with Crippen molar-refractivity contribution >= 4 is 18.6 Å². The molecule has 8 heteroatoms. The molecule has 0 fully saturated rings. The summed E-state index contributed by atoms with van der Waals surface area (Å²) in [5.74, 6) is 0. The second kappa shape index (κ2) is 3.82. The number of nitrogens with zero attached hydrogens (tertiary/aromatic N) is 1. The molecule has 1 aromatic heterocycles. The first-order valence-corrected chi connectivity index (χ1v) is 6.74. The van der Waals surface area contributed by atoms with Gasteiger partial charge < -0.3 is 0 Å². The standard InChI is InChI=1S/C10H10N.F6P/c1-11-7-6-9-4-2-3-5-10(9)8-11;1-7(2,3,4,5)6/h2-8H,1H3;/q+1;-1. The maximum atomic E-state index is 9.87. The second-order valence-electron chi connectivity index (χ2n) is 3.70. The summed E-state index contributed by atoms with van der Waals surface area (Å²) in [6.07, 6.45) is 4.18. The van der Waals surface area contributed by atoms with Crippen molar-refractivity contribution < 1.29 is 29.7 Å². The molecule has 0 aliphatic carbocycles. The fourth-order valence-electron chi connectivity index (χ4n) is 1.24. The van der Waals surface area contributed by atoms with Crippen LogP contribution in [0.5, 0.6) is 0 Å². The average Bonchev–Trinajstić information content (AvgIpc) is 2.12. The summed E-state index contributed by atoms with van der Waals surface area (Å²) in [5, 5.41) is 2.59. The zero-order valence-electron chi connectivity index (χ0n) is 9.20. The molecule has 18 heavy (non-hydrogen) atoms. The third-order valence-electron chi connectivity index (χ3n) is 1.83. The molecule has 0 amide bonds. The fraction of sp³-hybridized carbons (Fsp3) is 0.100. The predicted molar refractivity (Wildman–Crippen MR) is 58.7 cm³/mol. The Morgan fingerprint density at radius 2 is 1.28 bits per heavy atom. The van der Waals surface area contributed by atoms with E-state index in [0.29, 0.717) is 0 Å². The van der Waals surface area contributed by atoms with Crippen molar-refractivity contribution in [1.29, 1.82) is 0 Å². The molecule has 102 valence electrons. The predicted octanol–water partition coefficient (Wildman–Crippen LogP) is 5.05. The number of hydrogen-bond donors (Lipinski definition) is 0. The van der Waals surface area contributed by atoms with Gasteiger partial charge in [0.15, 0.2) is 12.4 Å². The van der Waals surface area contributed by atoms with Gasteiger partial charge in [0.1, 0.15) is 7.05 Å². The zero-order valence-corrected chi connectivity index (χ0v) is 10.1. The minimum absolute atomic E-state index is 1.29. The Labute approximate surface area is 98.9 Å². The first kappa shape index (κ1) is 14.7. The molecule has 0 atom stereocenters. The van der Waals surface area contributed by atoms with Gasteiger partial charge in [0.2, 0.25) is 0 Å². The molecule has 0 unspecified atom stereocenters. The van der Waals surface area contributed by atoms with Crippen LogP contribution in [0.25, 0.3) is 10.8 Å². The number of hydrogen-bond acceptors (Lipinski definition) is 0. The van der Waals surface area contributed by atoms with E-state index in [1.165, 1.54) is 10.8 Å². The number of fused-ring (bicyclic) bond motifs is 1. The van der Waals surface area contributed by atoms with Crippen LogP contribution in [-0.4, -0.2) is 0 Å². The molecule has 0 aliphatic heterocycles. The molecule has 0 saturated heterocycles. The third kappa shape index (κ3) is 7.84. The van der Waals surface area contributed by atoms with E-state index in [1.807, 2.05) is 7.05 Å². The molecule has 1 aromatic carbocycles. The number of pyridine rings is 1. The summed E-state index contributed by atoms with van der Waals surface area (Å²) in [5.41, 5.74) is 0. The number of halogens is 6. The van der Waals surface area contributed by atoms with Crippen LogP contribution in [0.2, 0.25) is 0 Å². The van der Waals surface area contributed by atoms with Crippen molar-refractivity contribution in [3.8, 4) is 0 Å². The van der Waals surface area contributed by atoms with E-state index in [1.54, 1.807) is 0 Å². The summed E-state index contributed by atoms with van der Waals surface area (Å²) in [6.45, 7) is 0. The summed E-state index contributed by atoms with van der Waals surface area (Å²) < 4.78 is 61.3. The van der Waals surface area contributed by atoms with Crippen molar-refractivity contribution in [1.82, 2.24) is 0 Å². The topological polar surface area (TPSA) is 3.88 Å². The van der Waals surface area contributed by atoms with Crippen LogP contribution >= 0.6 is 7.81 Å². The van der Waals surface area contributed by atoms with Gasteiger partial charge in [-0.2, -0.15) is 0 Å². The van der Waals surface area contributed by atoms with Crippen LogP contribution in [0.15, 0.2) is 42.7 Å². The Morgan fingerprint density at radius 3 is 1.78 bits per heavy atom. The Kier molecular flexibility index (Phi) is 3.12. The number of aromatic nitrogens is 1. The first-order valence-electron chi connectivity index (χ1n) is 4.72. The average molecular weight is 289 g/mol. The molecular weight excluding hydrogens is 279 g/mol. The van der Waals surface area contributed by atoms with Crippen molar-refractivity contribution in [2.75, 3.05) is 0 Å². The molecule has 0 aliphatic rings. The van der Waals surface area contributed by atoms with Gasteiger partial charge in [-0.3, -0.25) is 0 Å². The Hall–Kier alpha value is -1.36. The van der Waals surface area contributed by atoms with Gasteiger partial charge in [-0.25, -0.2) is 4.57 Å². The van der Waals surface area contributed by atoms with Crippen LogP contribution in [0.1, 0.15) is 0 Å². The Bertz CT molecular complexity index is 551. The van der Waals surface area contributed by atoms with Gasteiger partial charge in [0.25, 0.3) is 0 Å². The Morgan fingerprint density at radius 1 is 0.833 bits per heavy atom. The normalized spacial score (nSPS) is 15.3. The zero-order chi connectivity index (χ0) is 14.1. The van der Waals surface area contributed by atoms with Gasteiger partial charge in [-0.15, -0.1) is 0 Å². The van der Waals surface area contributed by atoms with Gasteiger partial charge in [-0.1, -0.05) is 18.2 Å². The summed E-state index contributed by atoms with van der Waals surface area (Å²) in [4.78, 5) is 0. The minimum atomic E-state index is -10.7. The van der Waals surface area contributed by atoms with E-state index in [-0.39, 0.29) is 0 Å². The van der Waals surface area contributed by atoms with Crippen molar-refractivity contribution in [2.45, 2.75) is 0 Å². The van der Waals surface area contributed by atoms with E-state index >= 15 is 0 Å². The van der Waals surface area contributed by atoms with Crippen molar-refractivity contribution in [3.63, 3.8) is 0 Å². The van der Waals surface area contributed by atoms with Crippen molar-refractivity contribution in [2.24, 2.45) is 7.05 Å². The van der Waals surface area contributed by atoms with E-state index < -0.39 is 7.81 Å². The Balaban J connectivity index is 0.000000203. The van der Waals surface area contributed by atoms with Crippen LogP contribution in [0.4, 0.5) is 25.2 Å². The molecule has 2 aromatic rings. The van der Waals surface area contributed by atoms with Crippen LogP contribution in [0.3, 0.4) is 0 Å². The first-order chi connectivity index (χ1) is 7.81. The van der Waals surface area contributed by atoms with Crippen LogP contribution in [-0.2, 0) is 7.05 Å². The summed E-state index contributed by atoms with van der Waals surface area (Å²) in [6, 6.07) is 10.5. The van der Waals surface area contributed by atoms with Crippen LogP contribution in [0, 0.1) is 0 Å². The van der Waals surface area contributed by atoms with E-state index in [4.69, 9.17) is 0 Å². The van der Waals surface area contributed by atoms with Gasteiger partial charge in [0, 0.05) is 11.5 Å². The molecule has 0 radical (unpaired) electrons. The third-order valence-corrected chi connectivity index (χ3v) is 1.83. The van der Waals surface area contributed by atoms with E-state index in [2.05, 4.69) is 47.3 Å². The molecule has 0 spiro atoms. The van der Waals surface area contributed by atoms with Gasteiger partial charge >= 0.3 is 33.0 Å². The van der Waals surface area contributed by atoms with Crippen LogP contribution < -0.4 is 4.57 Å². The molecule has 0 bridgehead atoms. The number of benzene rings is 1. The molecule has 0 N–H and O–H groups in total. The number of rotatable bonds is 0. The molecule has 1 heterocycles. The van der Waals surface area contributed by atoms with Gasteiger partial charge in [-0.05, 0) is 11.5 Å². The van der Waals surface area contributed by atoms with Gasteiger partial charge in [0.05, 0.1) is 0 Å². The van der Waals surface area contributed by atoms with Crippen molar-refractivity contribution in [3.05, 3.63) is 42.7 Å². The molecule has 1 nitrogen and oxygen atoms in total. The van der Waals surface area contributed by atoms with E-state index in [0.717, 1.165) is 0 Å². The fourth-order valence-corrected chi connectivity index (χ4v) is 1.24. The monoisotopic (exact) mass is 289 g/mol. The molecular formula is C10H10F6NP.